The number of alkyl halides is 3. The molecular weight excluding hydrogens is 481 g/mol. The van der Waals surface area contributed by atoms with Gasteiger partial charge < -0.3 is 14.9 Å². The molecule has 1 saturated heterocycles. The Labute approximate surface area is 196 Å². The number of carbonyl (C=O) groups is 3. The van der Waals surface area contributed by atoms with Gasteiger partial charge in [-0.25, -0.2) is 9.78 Å². The number of aromatic nitrogens is 1. The maximum Gasteiger partial charge on any atom is 0.417 e. The number of esters is 1. The van der Waals surface area contributed by atoms with Gasteiger partial charge in [-0.3, -0.25) is 14.5 Å². The van der Waals surface area contributed by atoms with Gasteiger partial charge >= 0.3 is 12.1 Å². The molecule has 0 radical (unpaired) electrons. The minimum Gasteiger partial charge on any atom is -0.461 e. The zero-order valence-electron chi connectivity index (χ0n) is 17.8. The molecule has 6 atom stereocenters. The van der Waals surface area contributed by atoms with E-state index in [4.69, 9.17) is 21.2 Å². The van der Waals surface area contributed by atoms with Gasteiger partial charge in [0.05, 0.1) is 34.9 Å². The van der Waals surface area contributed by atoms with Crippen molar-refractivity contribution in [1.82, 2.24) is 9.88 Å². The zero-order chi connectivity index (χ0) is 24.4. The van der Waals surface area contributed by atoms with Crippen LogP contribution in [0.1, 0.15) is 18.9 Å². The number of fused-ring (bicyclic) bond motifs is 8. The van der Waals surface area contributed by atoms with Crippen molar-refractivity contribution < 1.29 is 37.1 Å². The Kier molecular flexibility index (Phi) is 5.45. The van der Waals surface area contributed by atoms with E-state index in [9.17, 15) is 27.6 Å². The number of anilines is 1. The molecule has 1 N–H and O–H groups in total. The number of nitrogens with one attached hydrogen (secondary N) is 1. The molecule has 13 heteroatoms. The fourth-order valence-corrected chi connectivity index (χ4v) is 6.02. The van der Waals surface area contributed by atoms with E-state index >= 15 is 0 Å². The molecule has 2 saturated carbocycles. The Hall–Kier alpha value is -2.89. The average molecular weight is 501 g/mol. The molecule has 182 valence electrons. The first-order valence-electron chi connectivity index (χ1n) is 10.9. The molecule has 3 fully saturated rings. The third kappa shape index (κ3) is 3.41. The smallest absolute Gasteiger partial charge is 0.417 e. The number of hydrogen-bond donors (Lipinski definition) is 1. The Morgan fingerprint density at radius 1 is 1.26 bits per heavy atom. The van der Waals surface area contributed by atoms with Crippen molar-refractivity contribution >= 4 is 40.9 Å². The van der Waals surface area contributed by atoms with E-state index in [1.165, 1.54) is 0 Å². The van der Waals surface area contributed by atoms with Crippen LogP contribution in [0.2, 0.25) is 5.02 Å². The summed E-state index contributed by atoms with van der Waals surface area (Å²) in [4.78, 5) is 48.8. The highest BCUT2D eigenvalue weighted by molar-refractivity contribution is 6.38. The zero-order valence-corrected chi connectivity index (χ0v) is 18.6. The number of likely N-dealkylation sites (tertiary alicyclic amines) is 1. The topological polar surface area (TPSA) is 110 Å². The van der Waals surface area contributed by atoms with Crippen molar-refractivity contribution in [3.8, 4) is 0 Å². The van der Waals surface area contributed by atoms with Crippen LogP contribution in [0.3, 0.4) is 0 Å². The quantitative estimate of drug-likeness (QED) is 0.471. The van der Waals surface area contributed by atoms with E-state index in [0.29, 0.717) is 12.6 Å². The number of ether oxygens (including phenoxy) is 1. The lowest BCUT2D eigenvalue weighted by Crippen LogP contribution is -2.42. The molecule has 0 spiro atoms. The van der Waals surface area contributed by atoms with Crippen molar-refractivity contribution in [2.24, 2.45) is 34.7 Å². The van der Waals surface area contributed by atoms with E-state index in [2.05, 4.69) is 15.5 Å². The third-order valence-electron chi connectivity index (χ3n) is 7.06. The normalized spacial score (nSPS) is 31.3. The van der Waals surface area contributed by atoms with E-state index in [1.54, 1.807) is 6.92 Å². The molecule has 1 aromatic heterocycles. The molecule has 2 aliphatic heterocycles. The van der Waals surface area contributed by atoms with Gasteiger partial charge in [0.25, 0.3) is 0 Å². The average Bonchev–Trinajstić information content (AvgIpc) is 3.50. The van der Waals surface area contributed by atoms with Crippen LogP contribution in [-0.4, -0.2) is 59.2 Å². The first-order chi connectivity index (χ1) is 16.1. The van der Waals surface area contributed by atoms with Crippen LogP contribution < -0.4 is 5.32 Å². The fourth-order valence-electron chi connectivity index (χ4n) is 5.79. The third-order valence-corrected chi connectivity index (χ3v) is 7.35. The second-order valence-corrected chi connectivity index (χ2v) is 9.12. The number of imide groups is 1. The van der Waals surface area contributed by atoms with Gasteiger partial charge in [0, 0.05) is 25.2 Å². The van der Waals surface area contributed by atoms with Gasteiger partial charge in [-0.15, -0.1) is 0 Å². The molecule has 2 amide bonds. The summed E-state index contributed by atoms with van der Waals surface area (Å²) in [6.07, 6.45) is -3.75. The van der Waals surface area contributed by atoms with Crippen molar-refractivity contribution in [1.29, 1.82) is 0 Å². The summed E-state index contributed by atoms with van der Waals surface area (Å²) in [5.74, 6) is -3.15. The molecule has 9 nitrogen and oxygen atoms in total. The summed E-state index contributed by atoms with van der Waals surface area (Å²) in [7, 11) is 0. The number of carbonyl (C=O) groups excluding carboxylic acids is 3. The summed E-state index contributed by atoms with van der Waals surface area (Å²) in [5, 5.41) is 6.45. The Morgan fingerprint density at radius 2 is 1.97 bits per heavy atom. The van der Waals surface area contributed by atoms with Crippen LogP contribution >= 0.6 is 11.6 Å². The SMILES string of the molecule is CCOC(=O)C1=NO[C@@H]2[C@@H]3C[C@H]([C@H]4C(=O)N(CCNc5ncc(C(F)(F)F)cc5Cl)C(=O)[C@H]34)[C@H]12. The summed E-state index contributed by atoms with van der Waals surface area (Å²) in [5.41, 5.74) is -0.809. The summed E-state index contributed by atoms with van der Waals surface area (Å²) in [6.45, 7) is 1.92. The lowest BCUT2D eigenvalue weighted by atomic mass is 9.72. The standard InChI is InChI=1S/C21H20ClF3N4O5/c1-2-33-20(32)15-14-9-6-10(16(14)34-28-15)13-12(9)18(30)29(19(13)31)4-3-26-17-11(22)5-8(7-27-17)21(23,24)25/h5,7,9-10,12-14,16H,2-4,6H2,1H3,(H,26,27)/t9-,10-,12-,13-,14-,16-/m1/s1. The van der Waals surface area contributed by atoms with Crippen LogP contribution in [-0.2, 0) is 30.1 Å². The minimum atomic E-state index is -4.57. The Morgan fingerprint density at radius 3 is 2.62 bits per heavy atom. The largest absolute Gasteiger partial charge is 0.461 e. The van der Waals surface area contributed by atoms with Gasteiger partial charge in [-0.05, 0) is 25.3 Å². The first-order valence-corrected chi connectivity index (χ1v) is 11.2. The molecule has 3 heterocycles. The lowest BCUT2D eigenvalue weighted by Gasteiger charge is -2.29. The highest BCUT2D eigenvalue weighted by Crippen LogP contribution is 2.61. The molecule has 34 heavy (non-hydrogen) atoms. The first kappa shape index (κ1) is 22.9. The number of amides is 2. The molecule has 0 unspecified atom stereocenters. The predicted octanol–water partition coefficient (Wildman–Crippen LogP) is 2.35. The highest BCUT2D eigenvalue weighted by Gasteiger charge is 2.70. The highest BCUT2D eigenvalue weighted by atomic mass is 35.5. The van der Waals surface area contributed by atoms with Gasteiger partial charge in [0.2, 0.25) is 11.8 Å². The number of rotatable bonds is 6. The maximum absolute atomic E-state index is 13.2. The summed E-state index contributed by atoms with van der Waals surface area (Å²) in [6, 6.07) is 0.757. The molecule has 5 rings (SSSR count). The second-order valence-electron chi connectivity index (χ2n) is 8.71. The van der Waals surface area contributed by atoms with Gasteiger partial charge in [0.15, 0.2) is 5.71 Å². The molecule has 2 aliphatic carbocycles. The number of pyridine rings is 1. The van der Waals surface area contributed by atoms with E-state index in [1.807, 2.05) is 0 Å². The number of nitrogens with zero attached hydrogens (tertiary/aromatic N) is 3. The molecule has 0 aromatic carbocycles. The maximum atomic E-state index is 13.2. The van der Waals surface area contributed by atoms with Gasteiger partial charge in [-0.1, -0.05) is 16.8 Å². The number of halogens is 4. The van der Waals surface area contributed by atoms with Crippen molar-refractivity contribution in [3.05, 3.63) is 22.8 Å². The van der Waals surface area contributed by atoms with Crippen LogP contribution in [0.4, 0.5) is 19.0 Å². The molecular formula is C21H20ClF3N4O5. The van der Waals surface area contributed by atoms with Crippen molar-refractivity contribution in [2.75, 3.05) is 25.0 Å². The van der Waals surface area contributed by atoms with E-state index in [-0.39, 0.29) is 65.8 Å². The summed E-state index contributed by atoms with van der Waals surface area (Å²) < 4.78 is 43.4. The summed E-state index contributed by atoms with van der Waals surface area (Å²) >= 11 is 5.89. The Bertz CT molecular complexity index is 1100. The monoisotopic (exact) mass is 500 g/mol. The Balaban J connectivity index is 1.25. The van der Waals surface area contributed by atoms with Crippen LogP contribution in [0.15, 0.2) is 17.4 Å². The van der Waals surface area contributed by atoms with E-state index < -0.39 is 35.6 Å². The van der Waals surface area contributed by atoms with Gasteiger partial charge in [-0.2, -0.15) is 13.2 Å². The molecule has 1 aromatic rings. The van der Waals surface area contributed by atoms with Crippen LogP contribution in [0.5, 0.6) is 0 Å². The second kappa shape index (κ2) is 8.10. The fraction of sp³-hybridized carbons (Fsp3) is 0.571. The number of hydrogen-bond acceptors (Lipinski definition) is 8. The van der Waals surface area contributed by atoms with E-state index in [0.717, 1.165) is 11.0 Å². The van der Waals surface area contributed by atoms with Crippen LogP contribution in [0.25, 0.3) is 0 Å². The van der Waals surface area contributed by atoms with Crippen molar-refractivity contribution in [2.45, 2.75) is 25.6 Å². The molecule has 4 aliphatic rings. The number of oxime groups is 1. The minimum absolute atomic E-state index is 0.00183. The van der Waals surface area contributed by atoms with Crippen molar-refractivity contribution in [3.63, 3.8) is 0 Å². The van der Waals surface area contributed by atoms with Gasteiger partial charge in [0.1, 0.15) is 11.9 Å². The lowest BCUT2D eigenvalue weighted by molar-refractivity contribution is -0.141. The molecule has 2 bridgehead atoms. The predicted molar refractivity (Wildman–Crippen MR) is 110 cm³/mol. The van der Waals surface area contributed by atoms with Crippen LogP contribution in [0, 0.1) is 29.6 Å².